The molecule has 1 rings (SSSR count). The van der Waals surface area contributed by atoms with E-state index in [9.17, 15) is 8.42 Å². The zero-order valence-electron chi connectivity index (χ0n) is 12.6. The standard InChI is InChI=1S/C12H22BrN5O2S/c1-8(2)10(7-18(3)4)17-21(19,20)11-5-9(13)6-15-12(11)16-14/h5-6,8,10,17H,7,14H2,1-4H3,(H,15,16). The number of nitrogens with one attached hydrogen (secondary N) is 2. The van der Waals surface area contributed by atoms with E-state index >= 15 is 0 Å². The molecule has 9 heteroatoms. The number of sulfonamides is 1. The van der Waals surface area contributed by atoms with Crippen molar-refractivity contribution in [3.63, 3.8) is 0 Å². The number of rotatable bonds is 7. The lowest BCUT2D eigenvalue weighted by atomic mass is 10.1. The number of nitrogens with two attached hydrogens (primary N) is 1. The van der Waals surface area contributed by atoms with Crippen molar-refractivity contribution in [3.05, 3.63) is 16.7 Å². The Kier molecular flexibility index (Phi) is 6.54. The molecular weight excluding hydrogens is 358 g/mol. The van der Waals surface area contributed by atoms with Crippen LogP contribution < -0.4 is 16.0 Å². The van der Waals surface area contributed by atoms with Gasteiger partial charge in [-0.15, -0.1) is 0 Å². The molecular formula is C12H22BrN5O2S. The Morgan fingerprint density at radius 2 is 2.05 bits per heavy atom. The van der Waals surface area contributed by atoms with Crippen LogP contribution in [0, 0.1) is 5.92 Å². The van der Waals surface area contributed by atoms with Crippen molar-refractivity contribution < 1.29 is 8.42 Å². The van der Waals surface area contributed by atoms with E-state index in [1.54, 1.807) is 0 Å². The molecule has 0 spiro atoms. The fourth-order valence-corrected chi connectivity index (χ4v) is 3.78. The first-order valence-corrected chi connectivity index (χ1v) is 8.74. The Hall–Kier alpha value is -0.740. The van der Waals surface area contributed by atoms with Gasteiger partial charge in [0.2, 0.25) is 10.0 Å². The number of halogens is 1. The minimum absolute atomic E-state index is 0.0174. The monoisotopic (exact) mass is 379 g/mol. The van der Waals surface area contributed by atoms with Gasteiger partial charge in [0.15, 0.2) is 5.82 Å². The average Bonchev–Trinajstić information content (AvgIpc) is 2.37. The van der Waals surface area contributed by atoms with Crippen LogP contribution in [0.2, 0.25) is 0 Å². The van der Waals surface area contributed by atoms with Gasteiger partial charge in [-0.05, 0) is 42.0 Å². The summed E-state index contributed by atoms with van der Waals surface area (Å²) in [6, 6.07) is 1.26. The zero-order chi connectivity index (χ0) is 16.2. The number of anilines is 1. The lowest BCUT2D eigenvalue weighted by Gasteiger charge is -2.25. The summed E-state index contributed by atoms with van der Waals surface area (Å²) in [4.78, 5) is 5.92. The summed E-state index contributed by atoms with van der Waals surface area (Å²) in [5.41, 5.74) is 2.31. The average molecular weight is 380 g/mol. The smallest absolute Gasteiger partial charge is 0.244 e. The molecule has 0 aliphatic heterocycles. The molecule has 0 saturated carbocycles. The van der Waals surface area contributed by atoms with Gasteiger partial charge in [0, 0.05) is 23.3 Å². The van der Waals surface area contributed by atoms with Gasteiger partial charge in [-0.3, -0.25) is 0 Å². The Labute approximate surface area is 134 Å². The van der Waals surface area contributed by atoms with Crippen LogP contribution in [0.3, 0.4) is 0 Å². The van der Waals surface area contributed by atoms with E-state index in [1.165, 1.54) is 12.3 Å². The van der Waals surface area contributed by atoms with Crippen LogP contribution >= 0.6 is 15.9 Å². The van der Waals surface area contributed by atoms with E-state index in [-0.39, 0.29) is 22.7 Å². The van der Waals surface area contributed by atoms with Gasteiger partial charge >= 0.3 is 0 Å². The van der Waals surface area contributed by atoms with E-state index in [0.29, 0.717) is 11.0 Å². The molecule has 1 atom stereocenters. The summed E-state index contributed by atoms with van der Waals surface area (Å²) in [6.07, 6.45) is 1.48. The van der Waals surface area contributed by atoms with E-state index < -0.39 is 10.0 Å². The highest BCUT2D eigenvalue weighted by Gasteiger charge is 2.26. The third-order valence-corrected chi connectivity index (χ3v) is 4.86. The summed E-state index contributed by atoms with van der Waals surface area (Å²) in [6.45, 7) is 4.54. The molecule has 1 aromatic rings. The van der Waals surface area contributed by atoms with Crippen LogP contribution in [0.25, 0.3) is 0 Å². The zero-order valence-corrected chi connectivity index (χ0v) is 15.0. The van der Waals surface area contributed by atoms with Crippen LogP contribution in [0.15, 0.2) is 21.6 Å². The molecule has 1 unspecified atom stereocenters. The number of hydrogen-bond donors (Lipinski definition) is 3. The van der Waals surface area contributed by atoms with E-state index in [0.717, 1.165) is 0 Å². The number of aromatic nitrogens is 1. The molecule has 120 valence electrons. The normalized spacial score (nSPS) is 13.7. The van der Waals surface area contributed by atoms with Crippen LogP contribution in [0.1, 0.15) is 13.8 Å². The van der Waals surface area contributed by atoms with Crippen molar-refractivity contribution >= 4 is 31.8 Å². The molecule has 7 nitrogen and oxygen atoms in total. The van der Waals surface area contributed by atoms with Crippen molar-refractivity contribution in [1.82, 2.24) is 14.6 Å². The summed E-state index contributed by atoms with van der Waals surface area (Å²) in [7, 11) is 0.0730. The highest BCUT2D eigenvalue weighted by Crippen LogP contribution is 2.23. The third-order valence-electron chi connectivity index (χ3n) is 2.92. The first-order valence-electron chi connectivity index (χ1n) is 6.46. The van der Waals surface area contributed by atoms with Crippen molar-refractivity contribution in [2.45, 2.75) is 24.8 Å². The molecule has 0 saturated heterocycles. The summed E-state index contributed by atoms with van der Waals surface area (Å²) in [5.74, 6) is 5.60. The fourth-order valence-electron chi connectivity index (χ4n) is 1.77. The quantitative estimate of drug-likeness (QED) is 0.482. The summed E-state index contributed by atoms with van der Waals surface area (Å²) < 4.78 is 28.4. The lowest BCUT2D eigenvalue weighted by Crippen LogP contribution is -2.45. The molecule has 0 fully saturated rings. The molecule has 0 aliphatic rings. The predicted molar refractivity (Wildman–Crippen MR) is 87.2 cm³/mol. The summed E-state index contributed by atoms with van der Waals surface area (Å²) in [5, 5.41) is 0. The number of hydrogen-bond acceptors (Lipinski definition) is 6. The lowest BCUT2D eigenvalue weighted by molar-refractivity contribution is 0.314. The first kappa shape index (κ1) is 18.3. The number of pyridine rings is 1. The van der Waals surface area contributed by atoms with E-state index in [1.807, 2.05) is 32.8 Å². The summed E-state index contributed by atoms with van der Waals surface area (Å²) >= 11 is 3.22. The van der Waals surface area contributed by atoms with E-state index in [4.69, 9.17) is 5.84 Å². The molecule has 0 aliphatic carbocycles. The number of nitrogen functional groups attached to an aromatic ring is 1. The highest BCUT2D eigenvalue weighted by atomic mass is 79.9. The molecule has 1 aromatic heterocycles. The second-order valence-electron chi connectivity index (χ2n) is 5.38. The number of likely N-dealkylation sites (N-methyl/N-ethyl adjacent to an activating group) is 1. The van der Waals surface area contributed by atoms with Crippen molar-refractivity contribution in [3.8, 4) is 0 Å². The Balaban J connectivity index is 3.13. The van der Waals surface area contributed by atoms with Gasteiger partial charge in [-0.2, -0.15) is 0 Å². The van der Waals surface area contributed by atoms with Crippen molar-refractivity contribution in [1.29, 1.82) is 0 Å². The highest BCUT2D eigenvalue weighted by molar-refractivity contribution is 9.10. The van der Waals surface area contributed by atoms with Gasteiger partial charge in [-0.25, -0.2) is 24.0 Å². The Morgan fingerprint density at radius 3 is 2.52 bits per heavy atom. The van der Waals surface area contributed by atoms with Gasteiger partial charge in [0.25, 0.3) is 0 Å². The van der Waals surface area contributed by atoms with Crippen molar-refractivity contribution in [2.24, 2.45) is 11.8 Å². The van der Waals surface area contributed by atoms with Crippen LogP contribution in [0.5, 0.6) is 0 Å². The molecule has 0 amide bonds. The second-order valence-corrected chi connectivity index (χ2v) is 7.98. The molecule has 4 N–H and O–H groups in total. The Bertz CT molecular complexity index is 577. The minimum atomic E-state index is -3.73. The molecule has 0 aromatic carbocycles. The van der Waals surface area contributed by atoms with Gasteiger partial charge in [-0.1, -0.05) is 13.8 Å². The number of hydrazine groups is 1. The minimum Gasteiger partial charge on any atom is -0.308 e. The molecule has 0 radical (unpaired) electrons. The fraction of sp³-hybridized carbons (Fsp3) is 0.583. The second kappa shape index (κ2) is 7.50. The van der Waals surface area contributed by atoms with Crippen molar-refractivity contribution in [2.75, 3.05) is 26.1 Å². The number of nitrogens with zero attached hydrogens (tertiary/aromatic N) is 2. The molecule has 0 bridgehead atoms. The van der Waals surface area contributed by atoms with Gasteiger partial charge in [0.1, 0.15) is 4.90 Å². The molecule has 1 heterocycles. The van der Waals surface area contributed by atoms with Gasteiger partial charge < -0.3 is 10.3 Å². The van der Waals surface area contributed by atoms with E-state index in [2.05, 4.69) is 31.1 Å². The van der Waals surface area contributed by atoms with Crippen LogP contribution in [0.4, 0.5) is 5.82 Å². The van der Waals surface area contributed by atoms with Crippen LogP contribution in [-0.4, -0.2) is 45.0 Å². The Morgan fingerprint density at radius 1 is 1.43 bits per heavy atom. The largest absolute Gasteiger partial charge is 0.308 e. The van der Waals surface area contributed by atoms with Gasteiger partial charge in [0.05, 0.1) is 0 Å². The predicted octanol–water partition coefficient (Wildman–Crippen LogP) is 0.994. The topological polar surface area (TPSA) is 100 Å². The SMILES string of the molecule is CC(C)C(CN(C)C)NS(=O)(=O)c1cc(Br)cnc1NN. The third kappa shape index (κ3) is 5.19. The maximum Gasteiger partial charge on any atom is 0.244 e. The van der Waals surface area contributed by atoms with Crippen LogP contribution in [-0.2, 0) is 10.0 Å². The maximum atomic E-state index is 12.6. The first-order chi connectivity index (χ1) is 9.67. The molecule has 21 heavy (non-hydrogen) atoms. The maximum absolute atomic E-state index is 12.6.